The first kappa shape index (κ1) is 21.4. The first-order chi connectivity index (χ1) is 15.7. The fourth-order valence-corrected chi connectivity index (χ4v) is 4.75. The zero-order valence-corrected chi connectivity index (χ0v) is 18.4. The fraction of sp³-hybridized carbons (Fsp3) is 0.609. The third-order valence-electron chi connectivity index (χ3n) is 6.66. The Morgan fingerprint density at radius 3 is 2.75 bits per heavy atom. The van der Waals surface area contributed by atoms with Crippen molar-refractivity contribution < 1.29 is 14.3 Å². The number of rotatable bonds is 6. The van der Waals surface area contributed by atoms with Crippen LogP contribution >= 0.6 is 0 Å². The number of ether oxygens (including phenoxy) is 2. The van der Waals surface area contributed by atoms with Crippen LogP contribution < -0.4 is 10.6 Å². The van der Waals surface area contributed by atoms with Crippen LogP contribution in [0.15, 0.2) is 30.3 Å². The van der Waals surface area contributed by atoms with Crippen LogP contribution in [-0.4, -0.2) is 64.3 Å². The summed E-state index contributed by atoms with van der Waals surface area (Å²) in [4.78, 5) is 14.6. The zero-order valence-electron chi connectivity index (χ0n) is 18.4. The summed E-state index contributed by atoms with van der Waals surface area (Å²) in [6, 6.07) is 10.4. The van der Waals surface area contributed by atoms with E-state index < -0.39 is 0 Å². The number of piperidine rings is 1. The van der Waals surface area contributed by atoms with Crippen LogP contribution in [0.2, 0.25) is 0 Å². The Labute approximate surface area is 188 Å². The minimum atomic E-state index is -0.0866. The number of benzene rings is 1. The number of urea groups is 1. The van der Waals surface area contributed by atoms with Crippen molar-refractivity contribution in [2.45, 2.75) is 63.6 Å². The van der Waals surface area contributed by atoms with Crippen LogP contribution in [0, 0.1) is 0 Å². The second-order valence-corrected chi connectivity index (χ2v) is 8.92. The molecule has 9 nitrogen and oxygen atoms in total. The highest BCUT2D eigenvalue weighted by Gasteiger charge is 2.27. The highest BCUT2D eigenvalue weighted by atomic mass is 16.5. The highest BCUT2D eigenvalue weighted by molar-refractivity contribution is 5.74. The number of nitrogens with one attached hydrogen (secondary N) is 2. The summed E-state index contributed by atoms with van der Waals surface area (Å²) in [5.74, 6) is 0. The predicted octanol–water partition coefficient (Wildman–Crippen LogP) is 1.99. The van der Waals surface area contributed by atoms with Gasteiger partial charge in [0.15, 0.2) is 0 Å². The molecule has 3 aliphatic rings. The normalized spacial score (nSPS) is 24.2. The van der Waals surface area contributed by atoms with E-state index in [1.165, 1.54) is 5.56 Å². The topological polar surface area (TPSA) is 93.5 Å². The van der Waals surface area contributed by atoms with Gasteiger partial charge < -0.3 is 20.1 Å². The minimum Gasteiger partial charge on any atom is -0.376 e. The average molecular weight is 441 g/mol. The van der Waals surface area contributed by atoms with Gasteiger partial charge in [-0.3, -0.25) is 4.90 Å². The SMILES string of the molecule is O=C(NC[C@H]1CCCO1)NC1CCN(Cc2nnn3c2CO[C@@H](c2ccccc2)C3)CC1. The molecule has 4 heterocycles. The number of hydrogen-bond donors (Lipinski definition) is 2. The summed E-state index contributed by atoms with van der Waals surface area (Å²) < 4.78 is 13.7. The molecule has 2 N–H and O–H groups in total. The van der Waals surface area contributed by atoms with E-state index in [9.17, 15) is 4.79 Å². The largest absolute Gasteiger partial charge is 0.376 e. The van der Waals surface area contributed by atoms with Gasteiger partial charge in [0.2, 0.25) is 0 Å². The highest BCUT2D eigenvalue weighted by Crippen LogP contribution is 2.27. The van der Waals surface area contributed by atoms with Crippen molar-refractivity contribution in [2.75, 3.05) is 26.2 Å². The lowest BCUT2D eigenvalue weighted by molar-refractivity contribution is -0.00216. The van der Waals surface area contributed by atoms with Gasteiger partial charge in [0.05, 0.1) is 24.9 Å². The Kier molecular flexibility index (Phi) is 6.66. The molecule has 172 valence electrons. The van der Waals surface area contributed by atoms with Crippen LogP contribution in [0.5, 0.6) is 0 Å². The van der Waals surface area contributed by atoms with E-state index >= 15 is 0 Å². The zero-order chi connectivity index (χ0) is 21.8. The molecule has 0 bridgehead atoms. The summed E-state index contributed by atoms with van der Waals surface area (Å²) in [5, 5.41) is 14.9. The number of aromatic nitrogens is 3. The number of amides is 2. The summed E-state index contributed by atoms with van der Waals surface area (Å²) in [6.45, 7) is 5.25. The lowest BCUT2D eigenvalue weighted by Crippen LogP contribution is -2.48. The van der Waals surface area contributed by atoms with Crippen LogP contribution in [-0.2, 0) is 29.2 Å². The van der Waals surface area contributed by atoms with E-state index in [0.29, 0.717) is 19.7 Å². The number of fused-ring (bicyclic) bond motifs is 1. The standard InChI is InChI=1S/C23H32N6O3/c30-23(24-13-19-7-4-12-31-19)25-18-8-10-28(11-9-18)14-20-21-16-32-22(15-29(21)27-26-20)17-5-2-1-3-6-17/h1-3,5-6,18-19,22H,4,7-16H2,(H2,24,25,30)/t19-,22-/m1/s1. The fourth-order valence-electron chi connectivity index (χ4n) is 4.75. The molecule has 0 unspecified atom stereocenters. The van der Waals surface area contributed by atoms with Crippen molar-refractivity contribution in [1.82, 2.24) is 30.5 Å². The maximum Gasteiger partial charge on any atom is 0.315 e. The summed E-state index contributed by atoms with van der Waals surface area (Å²) >= 11 is 0. The van der Waals surface area contributed by atoms with E-state index in [1.807, 2.05) is 22.9 Å². The smallest absolute Gasteiger partial charge is 0.315 e. The Morgan fingerprint density at radius 2 is 1.97 bits per heavy atom. The summed E-state index contributed by atoms with van der Waals surface area (Å²) in [6.07, 6.45) is 4.17. The molecule has 2 fully saturated rings. The third-order valence-corrected chi connectivity index (χ3v) is 6.66. The summed E-state index contributed by atoms with van der Waals surface area (Å²) in [7, 11) is 0. The molecule has 0 radical (unpaired) electrons. The van der Waals surface area contributed by atoms with Crippen molar-refractivity contribution in [3.05, 3.63) is 47.3 Å². The van der Waals surface area contributed by atoms with Gasteiger partial charge >= 0.3 is 6.03 Å². The van der Waals surface area contributed by atoms with Gasteiger partial charge in [-0.1, -0.05) is 35.5 Å². The minimum absolute atomic E-state index is 0.0199. The van der Waals surface area contributed by atoms with E-state index in [-0.39, 0.29) is 24.3 Å². The maximum absolute atomic E-state index is 12.2. The van der Waals surface area contributed by atoms with E-state index in [4.69, 9.17) is 9.47 Å². The molecule has 0 aliphatic carbocycles. The van der Waals surface area contributed by atoms with Crippen LogP contribution in [0.1, 0.15) is 48.7 Å². The summed E-state index contributed by atoms with van der Waals surface area (Å²) in [5.41, 5.74) is 3.24. The molecule has 2 saturated heterocycles. The van der Waals surface area contributed by atoms with Crippen LogP contribution in [0.25, 0.3) is 0 Å². The average Bonchev–Trinajstić information content (AvgIpc) is 3.49. The maximum atomic E-state index is 12.2. The van der Waals surface area contributed by atoms with E-state index in [0.717, 1.165) is 63.3 Å². The molecule has 9 heteroatoms. The van der Waals surface area contributed by atoms with Gasteiger partial charge in [-0.25, -0.2) is 9.48 Å². The van der Waals surface area contributed by atoms with E-state index in [1.54, 1.807) is 0 Å². The Morgan fingerprint density at radius 1 is 1.12 bits per heavy atom. The lowest BCUT2D eigenvalue weighted by atomic mass is 10.0. The molecule has 1 aromatic heterocycles. The monoisotopic (exact) mass is 440 g/mol. The molecule has 3 aliphatic heterocycles. The van der Waals surface area contributed by atoms with Crippen LogP contribution in [0.4, 0.5) is 4.79 Å². The molecule has 1 aromatic carbocycles. The van der Waals surface area contributed by atoms with Gasteiger partial charge in [-0.05, 0) is 31.2 Å². The van der Waals surface area contributed by atoms with Crippen LogP contribution in [0.3, 0.4) is 0 Å². The third kappa shape index (κ3) is 5.11. The van der Waals surface area contributed by atoms with Crippen molar-refractivity contribution in [1.29, 1.82) is 0 Å². The number of nitrogens with zero attached hydrogens (tertiary/aromatic N) is 4. The molecular weight excluding hydrogens is 408 g/mol. The molecule has 2 aromatic rings. The number of hydrogen-bond acceptors (Lipinski definition) is 6. The van der Waals surface area contributed by atoms with Crippen molar-refractivity contribution in [3.8, 4) is 0 Å². The molecule has 32 heavy (non-hydrogen) atoms. The molecule has 0 saturated carbocycles. The predicted molar refractivity (Wildman–Crippen MR) is 118 cm³/mol. The van der Waals surface area contributed by atoms with Gasteiger partial charge in [0.25, 0.3) is 0 Å². The molecular formula is C23H32N6O3. The molecule has 0 spiro atoms. The molecule has 2 amide bonds. The Balaban J connectivity index is 1.07. The van der Waals surface area contributed by atoms with Gasteiger partial charge in [0.1, 0.15) is 11.8 Å². The number of likely N-dealkylation sites (tertiary alicyclic amines) is 1. The van der Waals surface area contributed by atoms with Gasteiger partial charge in [-0.2, -0.15) is 0 Å². The quantitative estimate of drug-likeness (QED) is 0.714. The molecule has 2 atom stereocenters. The van der Waals surface area contributed by atoms with Crippen molar-refractivity contribution >= 4 is 6.03 Å². The second kappa shape index (κ2) is 9.97. The first-order valence-corrected chi connectivity index (χ1v) is 11.7. The lowest BCUT2D eigenvalue weighted by Gasteiger charge is -2.32. The second-order valence-electron chi connectivity index (χ2n) is 8.92. The first-order valence-electron chi connectivity index (χ1n) is 11.7. The number of carbonyl (C=O) groups excluding carboxylic acids is 1. The Hall–Kier alpha value is -2.49. The Bertz CT molecular complexity index is 890. The van der Waals surface area contributed by atoms with Gasteiger partial charge in [0, 0.05) is 38.8 Å². The van der Waals surface area contributed by atoms with E-state index in [2.05, 4.69) is 38.0 Å². The van der Waals surface area contributed by atoms with Crippen molar-refractivity contribution in [2.24, 2.45) is 0 Å². The number of carbonyl (C=O) groups is 1. The van der Waals surface area contributed by atoms with Gasteiger partial charge in [-0.15, -0.1) is 5.10 Å². The van der Waals surface area contributed by atoms with Crippen molar-refractivity contribution in [3.63, 3.8) is 0 Å². The molecule has 5 rings (SSSR count).